The Hall–Kier alpha value is -6.39. The highest BCUT2D eigenvalue weighted by Gasteiger charge is 2.22. The Balaban J connectivity index is 1.25. The lowest BCUT2D eigenvalue weighted by atomic mass is 9.89. The van der Waals surface area contributed by atoms with Crippen LogP contribution in [0.25, 0.3) is 82.3 Å². The second kappa shape index (κ2) is 11.1. The van der Waals surface area contributed by atoms with E-state index in [2.05, 4.69) is 132 Å². The van der Waals surface area contributed by atoms with Crippen molar-refractivity contribution in [1.29, 1.82) is 0 Å². The van der Waals surface area contributed by atoms with Gasteiger partial charge in [-0.2, -0.15) is 0 Å². The first-order valence-electron chi connectivity index (χ1n) is 16.7. The van der Waals surface area contributed by atoms with Gasteiger partial charge in [0.25, 0.3) is 0 Å². The van der Waals surface area contributed by atoms with Crippen molar-refractivity contribution in [3.05, 3.63) is 169 Å². The summed E-state index contributed by atoms with van der Waals surface area (Å²) in [6.07, 6.45) is 11.2. The number of rotatable bonds is 4. The van der Waals surface area contributed by atoms with E-state index in [-0.39, 0.29) is 5.92 Å². The van der Waals surface area contributed by atoms with Crippen LogP contribution in [0.5, 0.6) is 0 Å². The van der Waals surface area contributed by atoms with Gasteiger partial charge in [0, 0.05) is 45.6 Å². The topological polar surface area (TPSA) is 51.8 Å². The van der Waals surface area contributed by atoms with E-state index < -0.39 is 0 Å². The molecule has 6 aromatic carbocycles. The van der Waals surface area contributed by atoms with Crippen molar-refractivity contribution in [2.75, 3.05) is 0 Å². The molecule has 1 aliphatic carbocycles. The van der Waals surface area contributed by atoms with Gasteiger partial charge in [-0.3, -0.25) is 4.98 Å². The maximum atomic E-state index is 6.32. The highest BCUT2D eigenvalue weighted by molar-refractivity contribution is 6.21. The third-order valence-corrected chi connectivity index (χ3v) is 9.91. The lowest BCUT2D eigenvalue weighted by molar-refractivity contribution is 0.669. The van der Waals surface area contributed by atoms with Gasteiger partial charge >= 0.3 is 0 Å². The molecule has 1 unspecified atom stereocenters. The van der Waals surface area contributed by atoms with Crippen molar-refractivity contribution in [3.63, 3.8) is 0 Å². The third-order valence-electron chi connectivity index (χ3n) is 9.91. The van der Waals surface area contributed by atoms with Crippen LogP contribution in [0, 0.1) is 0 Å². The summed E-state index contributed by atoms with van der Waals surface area (Å²) >= 11 is 0. The van der Waals surface area contributed by atoms with E-state index in [0.29, 0.717) is 0 Å². The van der Waals surface area contributed by atoms with E-state index in [1.54, 1.807) is 0 Å². The summed E-state index contributed by atoms with van der Waals surface area (Å²) in [5.41, 5.74) is 8.13. The third kappa shape index (κ3) is 4.56. The van der Waals surface area contributed by atoms with Crippen LogP contribution in [0.1, 0.15) is 23.7 Å². The maximum Gasteiger partial charge on any atom is 0.136 e. The average Bonchev–Trinajstić information content (AvgIpc) is 3.57. The second-order valence-electron chi connectivity index (χ2n) is 12.8. The number of aromatic nitrogens is 3. The molecule has 10 rings (SSSR count). The van der Waals surface area contributed by atoms with Gasteiger partial charge in [0.15, 0.2) is 0 Å². The lowest BCUT2D eigenvalue weighted by Gasteiger charge is -2.20. The summed E-state index contributed by atoms with van der Waals surface area (Å²) < 4.78 is 6.32. The van der Waals surface area contributed by atoms with Gasteiger partial charge in [0.2, 0.25) is 0 Å². The monoisotopic (exact) mass is 627 g/mol. The van der Waals surface area contributed by atoms with Crippen LogP contribution in [-0.4, -0.2) is 15.0 Å². The Bertz CT molecular complexity index is 2810. The summed E-state index contributed by atoms with van der Waals surface area (Å²) in [5.74, 6) is 0.819. The Morgan fingerprint density at radius 2 is 1.33 bits per heavy atom. The summed E-state index contributed by atoms with van der Waals surface area (Å²) in [6.45, 7) is 0. The molecule has 3 aromatic heterocycles. The minimum atomic E-state index is 0.0119. The van der Waals surface area contributed by atoms with Crippen LogP contribution >= 0.6 is 0 Å². The predicted octanol–water partition coefficient (Wildman–Crippen LogP) is 11.7. The first-order chi connectivity index (χ1) is 24.3. The normalized spacial score (nSPS) is 14.7. The molecule has 0 bridgehead atoms. The zero-order valence-corrected chi connectivity index (χ0v) is 26.5. The number of benzene rings is 6. The van der Waals surface area contributed by atoms with E-state index in [1.807, 2.05) is 30.6 Å². The Morgan fingerprint density at radius 1 is 0.571 bits per heavy atom. The van der Waals surface area contributed by atoms with Crippen molar-refractivity contribution in [2.45, 2.75) is 12.3 Å². The minimum Gasteiger partial charge on any atom is -0.456 e. The first kappa shape index (κ1) is 27.7. The second-order valence-corrected chi connectivity index (χ2v) is 12.8. The molecule has 0 N–H and O–H groups in total. The largest absolute Gasteiger partial charge is 0.456 e. The van der Waals surface area contributed by atoms with E-state index in [4.69, 9.17) is 14.4 Å². The molecule has 4 heteroatoms. The van der Waals surface area contributed by atoms with Gasteiger partial charge in [0.1, 0.15) is 17.0 Å². The SMILES string of the molecule is C1=CC(c2nc(-c3cc4c5ccncc5ccc4c4ccccc34)cc(-c3cccc4oc5ccccc5c34)n2)CC(c2ccccc2)=C1. The highest BCUT2D eigenvalue weighted by atomic mass is 16.3. The van der Waals surface area contributed by atoms with Crippen LogP contribution in [-0.2, 0) is 0 Å². The molecule has 1 aliphatic rings. The number of allylic oxidation sites excluding steroid dienone is 4. The van der Waals surface area contributed by atoms with Crippen molar-refractivity contribution in [2.24, 2.45) is 0 Å². The van der Waals surface area contributed by atoms with Gasteiger partial charge < -0.3 is 4.42 Å². The first-order valence-corrected chi connectivity index (χ1v) is 16.7. The molecule has 9 aromatic rings. The number of fused-ring (bicyclic) bond motifs is 8. The smallest absolute Gasteiger partial charge is 0.136 e. The van der Waals surface area contributed by atoms with E-state index in [1.165, 1.54) is 32.7 Å². The molecule has 0 amide bonds. The van der Waals surface area contributed by atoms with Crippen LogP contribution in [0.3, 0.4) is 0 Å². The number of nitrogens with zero attached hydrogens (tertiary/aromatic N) is 3. The quantitative estimate of drug-likeness (QED) is 0.182. The van der Waals surface area contributed by atoms with Crippen molar-refractivity contribution >= 4 is 59.8 Å². The molecule has 4 nitrogen and oxygen atoms in total. The fourth-order valence-electron chi connectivity index (χ4n) is 7.59. The van der Waals surface area contributed by atoms with E-state index in [9.17, 15) is 0 Å². The molecule has 1 atom stereocenters. The zero-order valence-electron chi connectivity index (χ0n) is 26.5. The summed E-state index contributed by atoms with van der Waals surface area (Å²) in [7, 11) is 0. The van der Waals surface area contributed by atoms with Gasteiger partial charge in [-0.15, -0.1) is 0 Å². The summed E-state index contributed by atoms with van der Waals surface area (Å²) in [4.78, 5) is 15.2. The number of hydrogen-bond donors (Lipinski definition) is 0. The van der Waals surface area contributed by atoms with Crippen LogP contribution in [0.2, 0.25) is 0 Å². The average molecular weight is 628 g/mol. The van der Waals surface area contributed by atoms with Gasteiger partial charge in [-0.1, -0.05) is 115 Å². The van der Waals surface area contributed by atoms with Crippen molar-refractivity contribution in [1.82, 2.24) is 15.0 Å². The Labute approximate surface area is 282 Å². The van der Waals surface area contributed by atoms with Crippen LogP contribution in [0.15, 0.2) is 162 Å². The van der Waals surface area contributed by atoms with Crippen LogP contribution in [0.4, 0.5) is 0 Å². The number of pyridine rings is 1. The molecule has 230 valence electrons. The number of hydrogen-bond acceptors (Lipinski definition) is 4. The van der Waals surface area contributed by atoms with E-state index >= 15 is 0 Å². The molecule has 0 spiro atoms. The van der Waals surface area contributed by atoms with Gasteiger partial charge in [0.05, 0.1) is 11.4 Å². The fraction of sp³-hybridized carbons (Fsp3) is 0.0444. The maximum absolute atomic E-state index is 6.32. The van der Waals surface area contributed by atoms with Gasteiger partial charge in [-0.25, -0.2) is 9.97 Å². The number of para-hydroxylation sites is 1. The molecular weight excluding hydrogens is 599 g/mol. The standard InChI is InChI=1S/C45H29N3O/c1-2-10-28(11-3-1)29-12-8-13-30(24-29)45-47-40(36-17-9-19-43-44(36)37-16-6-7-18-42(37)49-43)26-41(48-45)39-25-38-32-22-23-46-27-31(32)20-21-35(38)33-14-4-5-15-34(33)39/h1-23,25-27,30H,24H2. The highest BCUT2D eigenvalue weighted by Crippen LogP contribution is 2.42. The Morgan fingerprint density at radius 3 is 2.22 bits per heavy atom. The van der Waals surface area contributed by atoms with E-state index in [0.717, 1.165) is 67.5 Å². The Kier molecular flexibility index (Phi) is 6.28. The summed E-state index contributed by atoms with van der Waals surface area (Å²) in [6, 6.07) is 44.8. The molecule has 0 fully saturated rings. The molecule has 0 aliphatic heterocycles. The molecule has 3 heterocycles. The molecule has 0 radical (unpaired) electrons. The van der Waals surface area contributed by atoms with Crippen molar-refractivity contribution < 1.29 is 4.42 Å². The molecule has 0 saturated carbocycles. The fourth-order valence-corrected chi connectivity index (χ4v) is 7.59. The lowest BCUT2D eigenvalue weighted by Crippen LogP contribution is -2.08. The van der Waals surface area contributed by atoms with Crippen LogP contribution < -0.4 is 0 Å². The molecule has 0 saturated heterocycles. The summed E-state index contributed by atoms with van der Waals surface area (Å²) in [5, 5.41) is 9.21. The number of furan rings is 1. The van der Waals surface area contributed by atoms with Gasteiger partial charge in [-0.05, 0) is 74.8 Å². The minimum absolute atomic E-state index is 0.0119. The molecular formula is C45H29N3O. The molecule has 49 heavy (non-hydrogen) atoms. The zero-order chi connectivity index (χ0) is 32.3. The predicted molar refractivity (Wildman–Crippen MR) is 201 cm³/mol. The van der Waals surface area contributed by atoms with Crippen molar-refractivity contribution in [3.8, 4) is 22.5 Å².